The maximum Gasteiger partial charge on any atom is 0.332 e. The number of amides is 3. The van der Waals surface area contributed by atoms with E-state index in [1.54, 1.807) is 11.1 Å². The van der Waals surface area contributed by atoms with Gasteiger partial charge in [0.1, 0.15) is 11.4 Å². The zero-order valence-corrected chi connectivity index (χ0v) is 19.3. The molecule has 0 radical (unpaired) electrons. The van der Waals surface area contributed by atoms with E-state index in [9.17, 15) is 9.59 Å². The Morgan fingerprint density at radius 1 is 1.10 bits per heavy atom. The highest BCUT2D eigenvalue weighted by atomic mass is 16.2. The number of hydrogen-bond donors (Lipinski definition) is 1. The molecule has 1 N–H and O–H groups in total. The summed E-state index contributed by atoms with van der Waals surface area (Å²) in [7, 11) is 0. The van der Waals surface area contributed by atoms with Crippen molar-refractivity contribution in [3.05, 3.63) is 53.7 Å². The van der Waals surface area contributed by atoms with E-state index in [0.717, 1.165) is 11.4 Å². The predicted octanol–water partition coefficient (Wildman–Crippen LogP) is 5.16. The molecule has 0 bridgehead atoms. The lowest BCUT2D eigenvalue weighted by Gasteiger charge is -2.27. The minimum Gasteiger partial charge on any atom is -0.368 e. The van der Waals surface area contributed by atoms with Gasteiger partial charge in [0, 0.05) is 18.8 Å². The summed E-state index contributed by atoms with van der Waals surface area (Å²) >= 11 is 0. The molecule has 1 atom stereocenters. The lowest BCUT2D eigenvalue weighted by atomic mass is 10.0. The molecule has 6 nitrogen and oxygen atoms in total. The second-order valence-corrected chi connectivity index (χ2v) is 10.3. The van der Waals surface area contributed by atoms with Crippen LogP contribution in [0.2, 0.25) is 0 Å². The van der Waals surface area contributed by atoms with Crippen LogP contribution >= 0.6 is 0 Å². The zero-order valence-electron chi connectivity index (χ0n) is 19.3. The van der Waals surface area contributed by atoms with Gasteiger partial charge in [0.2, 0.25) is 0 Å². The monoisotopic (exact) mass is 420 g/mol. The predicted molar refractivity (Wildman–Crippen MR) is 123 cm³/mol. The number of rotatable bonds is 6. The van der Waals surface area contributed by atoms with Crippen molar-refractivity contribution in [1.82, 2.24) is 9.88 Å². The Morgan fingerprint density at radius 3 is 2.32 bits per heavy atom. The van der Waals surface area contributed by atoms with Crippen molar-refractivity contribution in [2.75, 3.05) is 10.2 Å². The quantitative estimate of drug-likeness (QED) is 0.656. The van der Waals surface area contributed by atoms with Gasteiger partial charge in [-0.05, 0) is 80.8 Å². The van der Waals surface area contributed by atoms with Crippen LogP contribution in [0.15, 0.2) is 42.6 Å². The van der Waals surface area contributed by atoms with Crippen LogP contribution in [-0.4, -0.2) is 33.4 Å². The minimum absolute atomic E-state index is 0.202. The summed E-state index contributed by atoms with van der Waals surface area (Å²) in [6.07, 6.45) is 2.90. The standard InChI is InChI=1S/C25H32N4O2/c1-16(2)27-21-13-17(11-12-26-21)15-28-23(31)29(22(30)25(28,5)6)19-9-7-18(8-10-19)20-14-24(20,3)4/h7-13,16,20H,14-15H2,1-6H3,(H,26,27). The Balaban J connectivity index is 1.56. The topological polar surface area (TPSA) is 65.5 Å². The van der Waals surface area contributed by atoms with Gasteiger partial charge in [-0.3, -0.25) is 4.79 Å². The highest BCUT2D eigenvalue weighted by Gasteiger charge is 2.52. The number of nitrogens with zero attached hydrogens (tertiary/aromatic N) is 3. The summed E-state index contributed by atoms with van der Waals surface area (Å²) < 4.78 is 0. The summed E-state index contributed by atoms with van der Waals surface area (Å²) in [4.78, 5) is 33.8. The Bertz CT molecular complexity index is 1010. The van der Waals surface area contributed by atoms with E-state index < -0.39 is 5.54 Å². The number of anilines is 2. The van der Waals surface area contributed by atoms with Gasteiger partial charge >= 0.3 is 6.03 Å². The van der Waals surface area contributed by atoms with E-state index in [0.29, 0.717) is 23.6 Å². The zero-order chi connectivity index (χ0) is 22.6. The van der Waals surface area contributed by atoms with Gasteiger partial charge in [-0.15, -0.1) is 0 Å². The maximum absolute atomic E-state index is 13.3. The van der Waals surface area contributed by atoms with E-state index in [4.69, 9.17) is 0 Å². The molecular formula is C25H32N4O2. The van der Waals surface area contributed by atoms with Crippen LogP contribution in [0.25, 0.3) is 0 Å². The summed E-state index contributed by atoms with van der Waals surface area (Å²) in [5.74, 6) is 1.12. The summed E-state index contributed by atoms with van der Waals surface area (Å²) in [5, 5.41) is 3.28. The SMILES string of the molecule is CC(C)Nc1cc(CN2C(=O)N(c3ccc(C4CC4(C)C)cc3)C(=O)C2(C)C)ccn1. The molecule has 2 aromatic rings. The molecule has 1 unspecified atom stereocenters. The summed E-state index contributed by atoms with van der Waals surface area (Å²) in [5.41, 5.74) is 2.24. The molecule has 1 aromatic carbocycles. The number of carbonyl (C=O) groups is 2. The van der Waals surface area contributed by atoms with Crippen LogP contribution in [0.1, 0.15) is 65.0 Å². The highest BCUT2D eigenvalue weighted by molar-refractivity contribution is 6.22. The molecule has 1 saturated carbocycles. The molecule has 1 aliphatic carbocycles. The number of aromatic nitrogens is 1. The third kappa shape index (κ3) is 3.91. The van der Waals surface area contributed by atoms with Crippen molar-refractivity contribution < 1.29 is 9.59 Å². The fourth-order valence-corrected chi connectivity index (χ4v) is 4.35. The average molecular weight is 421 g/mol. The molecular weight excluding hydrogens is 388 g/mol. The highest BCUT2D eigenvalue weighted by Crippen LogP contribution is 2.58. The van der Waals surface area contributed by atoms with E-state index in [1.165, 1.54) is 16.9 Å². The number of hydrogen-bond acceptors (Lipinski definition) is 4. The number of imide groups is 1. The van der Waals surface area contributed by atoms with E-state index >= 15 is 0 Å². The Morgan fingerprint density at radius 2 is 1.74 bits per heavy atom. The van der Waals surface area contributed by atoms with Gasteiger partial charge in [-0.1, -0.05) is 26.0 Å². The molecule has 2 aliphatic rings. The van der Waals surface area contributed by atoms with Gasteiger partial charge in [0.05, 0.1) is 5.69 Å². The Labute approximate surface area is 184 Å². The smallest absolute Gasteiger partial charge is 0.332 e. The molecule has 2 fully saturated rings. The largest absolute Gasteiger partial charge is 0.368 e. The molecule has 1 saturated heterocycles. The Kier molecular flexibility index (Phi) is 5.07. The van der Waals surface area contributed by atoms with E-state index in [1.807, 2.05) is 52.0 Å². The molecule has 3 amide bonds. The summed E-state index contributed by atoms with van der Waals surface area (Å²) in [6, 6.07) is 11.7. The van der Waals surface area contributed by atoms with Gasteiger partial charge in [-0.2, -0.15) is 0 Å². The molecule has 2 heterocycles. The number of pyridine rings is 1. The van der Waals surface area contributed by atoms with Crippen LogP contribution in [0.5, 0.6) is 0 Å². The third-order valence-electron chi connectivity index (χ3n) is 6.49. The first-order valence-corrected chi connectivity index (χ1v) is 11.0. The first-order chi connectivity index (χ1) is 14.5. The van der Waals surface area contributed by atoms with Crippen LogP contribution < -0.4 is 10.2 Å². The average Bonchev–Trinajstić information content (AvgIpc) is 3.29. The first kappa shape index (κ1) is 21.3. The van der Waals surface area contributed by atoms with Gasteiger partial charge in [0.25, 0.3) is 5.91 Å². The molecule has 6 heteroatoms. The maximum atomic E-state index is 13.3. The number of carbonyl (C=O) groups excluding carboxylic acids is 2. The lowest BCUT2D eigenvalue weighted by Crippen LogP contribution is -2.43. The molecule has 1 aliphatic heterocycles. The van der Waals surface area contributed by atoms with Crippen molar-refractivity contribution in [3.8, 4) is 0 Å². The third-order valence-corrected chi connectivity index (χ3v) is 6.49. The van der Waals surface area contributed by atoms with Crippen molar-refractivity contribution in [3.63, 3.8) is 0 Å². The molecule has 31 heavy (non-hydrogen) atoms. The second-order valence-electron chi connectivity index (χ2n) is 10.3. The normalized spacial score (nSPS) is 21.7. The van der Waals surface area contributed by atoms with Crippen LogP contribution in [-0.2, 0) is 11.3 Å². The number of nitrogens with one attached hydrogen (secondary N) is 1. The van der Waals surface area contributed by atoms with E-state index in [2.05, 4.69) is 36.3 Å². The van der Waals surface area contributed by atoms with Crippen LogP contribution in [0.3, 0.4) is 0 Å². The van der Waals surface area contributed by atoms with Crippen LogP contribution in [0, 0.1) is 5.41 Å². The second kappa shape index (κ2) is 7.36. The van der Waals surface area contributed by atoms with Gasteiger partial charge < -0.3 is 10.2 Å². The minimum atomic E-state index is -0.927. The first-order valence-electron chi connectivity index (χ1n) is 11.0. The van der Waals surface area contributed by atoms with Crippen LogP contribution in [0.4, 0.5) is 16.3 Å². The number of benzene rings is 1. The molecule has 1 aromatic heterocycles. The fraction of sp³-hybridized carbons (Fsp3) is 0.480. The lowest BCUT2D eigenvalue weighted by molar-refractivity contribution is -0.123. The molecule has 0 spiro atoms. The molecule has 4 rings (SSSR count). The van der Waals surface area contributed by atoms with Crippen molar-refractivity contribution in [2.24, 2.45) is 5.41 Å². The van der Waals surface area contributed by atoms with E-state index in [-0.39, 0.29) is 18.0 Å². The van der Waals surface area contributed by atoms with Gasteiger partial charge in [0.15, 0.2) is 0 Å². The number of urea groups is 1. The Hall–Kier alpha value is -2.89. The van der Waals surface area contributed by atoms with Crippen molar-refractivity contribution >= 4 is 23.4 Å². The van der Waals surface area contributed by atoms with Gasteiger partial charge in [-0.25, -0.2) is 14.7 Å². The summed E-state index contributed by atoms with van der Waals surface area (Å²) in [6.45, 7) is 12.6. The van der Waals surface area contributed by atoms with Crippen molar-refractivity contribution in [1.29, 1.82) is 0 Å². The molecule has 164 valence electrons. The fourth-order valence-electron chi connectivity index (χ4n) is 4.35. The van der Waals surface area contributed by atoms with Crippen molar-refractivity contribution in [2.45, 2.75) is 72.0 Å².